The summed E-state index contributed by atoms with van der Waals surface area (Å²) >= 11 is 0. The van der Waals surface area contributed by atoms with Crippen molar-refractivity contribution in [3.8, 4) is 0 Å². The maximum absolute atomic E-state index is 11.9. The number of hydrogen-bond acceptors (Lipinski definition) is 4. The molecule has 0 radical (unpaired) electrons. The molecule has 0 aromatic carbocycles. The third kappa shape index (κ3) is 5.06. The van der Waals surface area contributed by atoms with Gasteiger partial charge < -0.3 is 15.3 Å². The Morgan fingerprint density at radius 3 is 2.47 bits per heavy atom. The second-order valence-electron chi connectivity index (χ2n) is 5.16. The van der Waals surface area contributed by atoms with E-state index in [1.807, 2.05) is 13.8 Å². The normalized spacial score (nSPS) is 21.3. The fourth-order valence-electron chi connectivity index (χ4n) is 1.93. The highest BCUT2D eigenvalue weighted by molar-refractivity contribution is 7.91. The fraction of sp³-hybridized carbons (Fsp3) is 0.818. The Labute approximate surface area is 112 Å². The Hall–Kier alpha value is -1.31. The number of carbonyl (C=O) groups excluding carboxylic acids is 1. The molecule has 1 atom stereocenters. The van der Waals surface area contributed by atoms with Crippen LogP contribution in [-0.2, 0) is 14.6 Å². The number of carbonyl (C=O) groups is 2. The number of amides is 2. The van der Waals surface area contributed by atoms with Crippen molar-refractivity contribution in [2.45, 2.75) is 26.3 Å². The van der Waals surface area contributed by atoms with Gasteiger partial charge in [-0.2, -0.15) is 0 Å². The molecule has 0 spiro atoms. The summed E-state index contributed by atoms with van der Waals surface area (Å²) in [5, 5.41) is 11.5. The third-order valence-corrected chi connectivity index (χ3v) is 4.63. The van der Waals surface area contributed by atoms with Crippen LogP contribution in [0.15, 0.2) is 0 Å². The molecule has 7 nitrogen and oxygen atoms in total. The van der Waals surface area contributed by atoms with E-state index in [1.54, 1.807) is 0 Å². The van der Waals surface area contributed by atoms with E-state index in [-0.39, 0.29) is 17.4 Å². The number of carboxylic acid groups (broad SMARTS) is 1. The monoisotopic (exact) mass is 292 g/mol. The van der Waals surface area contributed by atoms with Crippen LogP contribution < -0.4 is 5.32 Å². The van der Waals surface area contributed by atoms with E-state index in [0.29, 0.717) is 13.0 Å². The average Bonchev–Trinajstić information content (AvgIpc) is 2.62. The Kier molecular flexibility index (Phi) is 5.16. The Balaban J connectivity index is 2.72. The highest BCUT2D eigenvalue weighted by Crippen LogP contribution is 2.17. The van der Waals surface area contributed by atoms with Crippen molar-refractivity contribution in [3.05, 3.63) is 0 Å². The van der Waals surface area contributed by atoms with Crippen molar-refractivity contribution in [1.82, 2.24) is 10.2 Å². The van der Waals surface area contributed by atoms with Crippen LogP contribution in [0.4, 0.5) is 4.79 Å². The SMILES string of the molecule is CC(C)CNC(=O)N(CC(=O)O)C1CCS(=O)(=O)C1. The fourth-order valence-corrected chi connectivity index (χ4v) is 3.66. The molecule has 2 amide bonds. The summed E-state index contributed by atoms with van der Waals surface area (Å²) in [6, 6.07) is -1.06. The molecular weight excluding hydrogens is 272 g/mol. The van der Waals surface area contributed by atoms with Gasteiger partial charge in [0.2, 0.25) is 0 Å². The van der Waals surface area contributed by atoms with Gasteiger partial charge in [-0.25, -0.2) is 13.2 Å². The molecule has 0 aromatic heterocycles. The average molecular weight is 292 g/mol. The third-order valence-electron chi connectivity index (χ3n) is 2.88. The van der Waals surface area contributed by atoms with Gasteiger partial charge in [-0.3, -0.25) is 4.79 Å². The van der Waals surface area contributed by atoms with Crippen molar-refractivity contribution < 1.29 is 23.1 Å². The van der Waals surface area contributed by atoms with Crippen LogP contribution in [0.5, 0.6) is 0 Å². The number of carboxylic acids is 1. The summed E-state index contributed by atoms with van der Waals surface area (Å²) < 4.78 is 22.8. The maximum Gasteiger partial charge on any atom is 0.323 e. The second-order valence-corrected chi connectivity index (χ2v) is 7.39. The lowest BCUT2D eigenvalue weighted by molar-refractivity contribution is -0.138. The first-order chi connectivity index (χ1) is 8.71. The zero-order valence-corrected chi connectivity index (χ0v) is 11.9. The van der Waals surface area contributed by atoms with E-state index >= 15 is 0 Å². The quantitative estimate of drug-likeness (QED) is 0.738. The van der Waals surface area contributed by atoms with Crippen molar-refractivity contribution in [2.75, 3.05) is 24.6 Å². The van der Waals surface area contributed by atoms with Gasteiger partial charge in [-0.15, -0.1) is 0 Å². The van der Waals surface area contributed by atoms with Crippen molar-refractivity contribution in [3.63, 3.8) is 0 Å². The van der Waals surface area contributed by atoms with Crippen LogP contribution in [-0.4, -0.2) is 61.1 Å². The van der Waals surface area contributed by atoms with Gasteiger partial charge in [0.25, 0.3) is 0 Å². The first kappa shape index (κ1) is 15.7. The van der Waals surface area contributed by atoms with Gasteiger partial charge in [0.15, 0.2) is 9.84 Å². The predicted molar refractivity (Wildman–Crippen MR) is 69.6 cm³/mol. The van der Waals surface area contributed by atoms with Crippen molar-refractivity contribution >= 4 is 21.8 Å². The highest BCUT2D eigenvalue weighted by Gasteiger charge is 2.35. The molecule has 0 saturated carbocycles. The maximum atomic E-state index is 11.9. The number of aliphatic carboxylic acids is 1. The molecule has 1 heterocycles. The molecule has 0 bridgehead atoms. The summed E-state index contributed by atoms with van der Waals surface area (Å²) in [5.41, 5.74) is 0. The Bertz CT molecular complexity index is 446. The van der Waals surface area contributed by atoms with E-state index in [9.17, 15) is 18.0 Å². The van der Waals surface area contributed by atoms with Gasteiger partial charge in [0.05, 0.1) is 11.5 Å². The van der Waals surface area contributed by atoms with Crippen molar-refractivity contribution in [2.24, 2.45) is 5.92 Å². The molecule has 0 aromatic rings. The van der Waals surface area contributed by atoms with Gasteiger partial charge >= 0.3 is 12.0 Å². The van der Waals surface area contributed by atoms with Crippen LogP contribution in [0.3, 0.4) is 0 Å². The lowest BCUT2D eigenvalue weighted by atomic mass is 10.2. The molecule has 1 aliphatic heterocycles. The smallest absolute Gasteiger partial charge is 0.323 e. The van der Waals surface area contributed by atoms with Gasteiger partial charge in [-0.1, -0.05) is 13.8 Å². The lowest BCUT2D eigenvalue weighted by Gasteiger charge is -2.27. The summed E-state index contributed by atoms with van der Waals surface area (Å²) in [6.07, 6.45) is 0.296. The van der Waals surface area contributed by atoms with E-state index in [1.165, 1.54) is 0 Å². The summed E-state index contributed by atoms with van der Waals surface area (Å²) in [7, 11) is -3.16. The molecule has 8 heteroatoms. The Morgan fingerprint density at radius 1 is 1.42 bits per heavy atom. The standard InChI is InChI=1S/C11H20N2O5S/c1-8(2)5-12-11(16)13(6-10(14)15)9-3-4-19(17,18)7-9/h8-9H,3-7H2,1-2H3,(H,12,16)(H,14,15). The molecule has 1 aliphatic rings. The minimum absolute atomic E-state index is 0.00520. The summed E-state index contributed by atoms with van der Waals surface area (Å²) in [5.74, 6) is -1.06. The summed E-state index contributed by atoms with van der Waals surface area (Å²) in [4.78, 5) is 23.8. The molecule has 1 rings (SSSR count). The molecular formula is C11H20N2O5S. The molecule has 110 valence electrons. The van der Waals surface area contributed by atoms with Crippen LogP contribution in [0.1, 0.15) is 20.3 Å². The van der Waals surface area contributed by atoms with E-state index in [2.05, 4.69) is 5.32 Å². The Morgan fingerprint density at radius 2 is 2.05 bits per heavy atom. The zero-order valence-electron chi connectivity index (χ0n) is 11.1. The molecule has 1 fully saturated rings. The minimum Gasteiger partial charge on any atom is -0.480 e. The van der Waals surface area contributed by atoms with Crippen LogP contribution >= 0.6 is 0 Å². The molecule has 1 unspecified atom stereocenters. The summed E-state index contributed by atoms with van der Waals surface area (Å²) in [6.45, 7) is 3.78. The van der Waals surface area contributed by atoms with Gasteiger partial charge in [0.1, 0.15) is 6.54 Å². The first-order valence-corrected chi connectivity index (χ1v) is 8.00. The topological polar surface area (TPSA) is 104 Å². The number of hydrogen-bond donors (Lipinski definition) is 2. The second kappa shape index (κ2) is 6.23. The number of sulfone groups is 1. The first-order valence-electron chi connectivity index (χ1n) is 6.18. The zero-order chi connectivity index (χ0) is 14.6. The van der Waals surface area contributed by atoms with Gasteiger partial charge in [0, 0.05) is 12.6 Å². The highest BCUT2D eigenvalue weighted by atomic mass is 32.2. The van der Waals surface area contributed by atoms with Crippen LogP contribution in [0.25, 0.3) is 0 Å². The minimum atomic E-state index is -3.16. The van der Waals surface area contributed by atoms with Gasteiger partial charge in [-0.05, 0) is 12.3 Å². The number of nitrogens with zero attached hydrogens (tertiary/aromatic N) is 1. The number of nitrogens with one attached hydrogen (secondary N) is 1. The van der Waals surface area contributed by atoms with E-state index < -0.39 is 34.4 Å². The molecule has 2 N–H and O–H groups in total. The lowest BCUT2D eigenvalue weighted by Crippen LogP contribution is -2.49. The molecule has 0 aliphatic carbocycles. The van der Waals surface area contributed by atoms with Crippen LogP contribution in [0, 0.1) is 5.92 Å². The number of rotatable bonds is 5. The molecule has 1 saturated heterocycles. The largest absolute Gasteiger partial charge is 0.480 e. The van der Waals surface area contributed by atoms with E-state index in [4.69, 9.17) is 5.11 Å². The molecule has 19 heavy (non-hydrogen) atoms. The number of urea groups is 1. The van der Waals surface area contributed by atoms with E-state index in [0.717, 1.165) is 4.90 Å². The van der Waals surface area contributed by atoms with Crippen molar-refractivity contribution in [1.29, 1.82) is 0 Å². The van der Waals surface area contributed by atoms with Crippen LogP contribution in [0.2, 0.25) is 0 Å². The predicted octanol–water partition coefficient (Wildman–Crippen LogP) is -0.0743.